The fourth-order valence-corrected chi connectivity index (χ4v) is 0.950. The molecule has 0 radical (unpaired) electrons. The van der Waals surface area contributed by atoms with Crippen LogP contribution in [0.1, 0.15) is 6.42 Å². The van der Waals surface area contributed by atoms with Crippen molar-refractivity contribution < 1.29 is 29.6 Å². The van der Waals surface area contributed by atoms with E-state index in [-0.39, 0.29) is 13.0 Å². The Morgan fingerprint density at radius 2 is 1.79 bits per heavy atom. The molecule has 0 fully saturated rings. The lowest BCUT2D eigenvalue weighted by Gasteiger charge is -2.20. The summed E-state index contributed by atoms with van der Waals surface area (Å²) in [6, 6.07) is 0. The molecule has 0 rings (SSSR count). The van der Waals surface area contributed by atoms with E-state index in [2.05, 4.69) is 9.47 Å². The number of hydrogen-bond donors (Lipinski definition) is 3. The van der Waals surface area contributed by atoms with Gasteiger partial charge >= 0.3 is 0 Å². The molecular weight excluding hydrogens is 192 g/mol. The molecule has 6 heteroatoms. The largest absolute Gasteiger partial charge is 0.396 e. The fraction of sp³-hybridized carbons (Fsp3) is 0.875. The minimum Gasteiger partial charge on any atom is -0.396 e. The van der Waals surface area contributed by atoms with Crippen molar-refractivity contribution in [2.75, 3.05) is 20.8 Å². The summed E-state index contributed by atoms with van der Waals surface area (Å²) in [5, 5.41) is 26.9. The van der Waals surface area contributed by atoms with E-state index in [1.807, 2.05) is 0 Å². The van der Waals surface area contributed by atoms with Crippen LogP contribution < -0.4 is 0 Å². The van der Waals surface area contributed by atoms with Crippen molar-refractivity contribution in [3.05, 3.63) is 0 Å². The standard InChI is InChI=1S/C8H16O6/c1-13-8(14-2)7(12)6(11)5(10)3-4-9/h5,7-10,12H,3-4H2,1-2H3/t5-,7?/m1/s1. The Hall–Kier alpha value is -0.530. The minimum atomic E-state index is -1.55. The van der Waals surface area contributed by atoms with Crippen molar-refractivity contribution in [1.29, 1.82) is 0 Å². The summed E-state index contributed by atoms with van der Waals surface area (Å²) in [6.45, 7) is -0.329. The van der Waals surface area contributed by atoms with E-state index in [1.165, 1.54) is 14.2 Å². The van der Waals surface area contributed by atoms with Crippen LogP contribution in [0.3, 0.4) is 0 Å². The quantitative estimate of drug-likeness (QED) is 0.431. The molecule has 0 heterocycles. The summed E-state index contributed by atoms with van der Waals surface area (Å²) < 4.78 is 9.29. The summed E-state index contributed by atoms with van der Waals surface area (Å²) >= 11 is 0. The Kier molecular flexibility index (Phi) is 6.60. The number of carbonyl (C=O) groups excluding carboxylic acids is 1. The molecule has 2 atom stereocenters. The average molecular weight is 208 g/mol. The highest BCUT2D eigenvalue weighted by Gasteiger charge is 2.30. The number of aliphatic hydroxyl groups is 3. The molecule has 0 aliphatic carbocycles. The predicted molar refractivity (Wildman–Crippen MR) is 46.5 cm³/mol. The predicted octanol–water partition coefficient (Wildman–Crippen LogP) is -1.72. The Balaban J connectivity index is 4.21. The lowest BCUT2D eigenvalue weighted by Crippen LogP contribution is -2.42. The van der Waals surface area contributed by atoms with Gasteiger partial charge in [-0.2, -0.15) is 0 Å². The summed E-state index contributed by atoms with van der Waals surface area (Å²) in [5.41, 5.74) is 0. The molecule has 14 heavy (non-hydrogen) atoms. The van der Waals surface area contributed by atoms with Crippen molar-refractivity contribution in [3.63, 3.8) is 0 Å². The molecule has 0 aromatic carbocycles. The van der Waals surface area contributed by atoms with Crippen LogP contribution in [0.4, 0.5) is 0 Å². The third-order valence-corrected chi connectivity index (χ3v) is 1.74. The van der Waals surface area contributed by atoms with E-state index in [9.17, 15) is 9.90 Å². The zero-order valence-corrected chi connectivity index (χ0v) is 8.21. The normalized spacial score (nSPS) is 15.6. The molecule has 1 unspecified atom stereocenters. The first-order chi connectivity index (χ1) is 6.58. The van der Waals surface area contributed by atoms with Crippen LogP contribution in [0.15, 0.2) is 0 Å². The van der Waals surface area contributed by atoms with Crippen molar-refractivity contribution in [1.82, 2.24) is 0 Å². The maximum Gasteiger partial charge on any atom is 0.194 e. The van der Waals surface area contributed by atoms with Gasteiger partial charge in [-0.1, -0.05) is 0 Å². The van der Waals surface area contributed by atoms with Gasteiger partial charge in [-0.15, -0.1) is 0 Å². The number of rotatable bonds is 7. The van der Waals surface area contributed by atoms with Gasteiger partial charge in [0, 0.05) is 27.2 Å². The zero-order valence-electron chi connectivity index (χ0n) is 8.21. The van der Waals surface area contributed by atoms with E-state index >= 15 is 0 Å². The number of carbonyl (C=O) groups is 1. The summed E-state index contributed by atoms with van der Waals surface area (Å²) in [7, 11) is 2.53. The summed E-state index contributed by atoms with van der Waals surface area (Å²) in [5.74, 6) is -0.826. The minimum absolute atomic E-state index is 0.115. The Bertz CT molecular complexity index is 167. The molecule has 0 aliphatic rings. The number of Topliss-reactive ketones (excluding diaryl/α,β-unsaturated/α-hetero) is 1. The zero-order chi connectivity index (χ0) is 11.1. The second-order valence-electron chi connectivity index (χ2n) is 2.72. The third-order valence-electron chi connectivity index (χ3n) is 1.74. The van der Waals surface area contributed by atoms with Gasteiger partial charge in [0.15, 0.2) is 18.2 Å². The van der Waals surface area contributed by atoms with Gasteiger partial charge in [-0.25, -0.2) is 0 Å². The molecule has 0 aliphatic heterocycles. The molecule has 0 spiro atoms. The SMILES string of the molecule is COC(OC)C(O)C(=O)[C@H](O)CCO. The molecule has 0 bridgehead atoms. The molecule has 3 N–H and O–H groups in total. The second kappa shape index (κ2) is 6.86. The Morgan fingerprint density at radius 3 is 2.14 bits per heavy atom. The Morgan fingerprint density at radius 1 is 1.29 bits per heavy atom. The maximum absolute atomic E-state index is 11.2. The molecule has 84 valence electrons. The smallest absolute Gasteiger partial charge is 0.194 e. The number of aliphatic hydroxyl groups excluding tert-OH is 3. The number of hydrogen-bond acceptors (Lipinski definition) is 6. The molecule has 0 aromatic heterocycles. The average Bonchev–Trinajstić information content (AvgIpc) is 2.18. The van der Waals surface area contributed by atoms with Crippen LogP contribution >= 0.6 is 0 Å². The Labute approximate surface area is 82.1 Å². The second-order valence-corrected chi connectivity index (χ2v) is 2.72. The first kappa shape index (κ1) is 13.5. The van der Waals surface area contributed by atoms with Crippen LogP contribution in [0.25, 0.3) is 0 Å². The van der Waals surface area contributed by atoms with Gasteiger partial charge in [-0.3, -0.25) is 4.79 Å². The number of ketones is 1. The third kappa shape index (κ3) is 3.69. The van der Waals surface area contributed by atoms with E-state index < -0.39 is 24.3 Å². The van der Waals surface area contributed by atoms with Gasteiger partial charge in [0.1, 0.15) is 6.10 Å². The lowest BCUT2D eigenvalue weighted by molar-refractivity contribution is -0.180. The van der Waals surface area contributed by atoms with Crippen LogP contribution in [0.2, 0.25) is 0 Å². The molecular formula is C8H16O6. The highest BCUT2D eigenvalue weighted by molar-refractivity contribution is 5.87. The summed E-state index contributed by atoms with van der Waals surface area (Å²) in [6.07, 6.45) is -4.17. The van der Waals surface area contributed by atoms with Gasteiger partial charge in [0.2, 0.25) is 0 Å². The highest BCUT2D eigenvalue weighted by atomic mass is 16.7. The van der Waals surface area contributed by atoms with Gasteiger partial charge in [0.25, 0.3) is 0 Å². The first-order valence-corrected chi connectivity index (χ1v) is 4.14. The molecule has 0 saturated carbocycles. The van der Waals surface area contributed by atoms with Crippen molar-refractivity contribution in [2.45, 2.75) is 24.9 Å². The monoisotopic (exact) mass is 208 g/mol. The van der Waals surface area contributed by atoms with Crippen LogP contribution in [-0.2, 0) is 14.3 Å². The van der Waals surface area contributed by atoms with Gasteiger partial charge < -0.3 is 24.8 Å². The van der Waals surface area contributed by atoms with Crippen LogP contribution in [-0.4, -0.2) is 60.4 Å². The molecule has 6 nitrogen and oxygen atoms in total. The number of ether oxygens (including phenoxy) is 2. The van der Waals surface area contributed by atoms with Crippen LogP contribution in [0, 0.1) is 0 Å². The van der Waals surface area contributed by atoms with Gasteiger partial charge in [-0.05, 0) is 0 Å². The van der Waals surface area contributed by atoms with Crippen molar-refractivity contribution in [3.8, 4) is 0 Å². The fourth-order valence-electron chi connectivity index (χ4n) is 0.950. The van der Waals surface area contributed by atoms with E-state index in [0.29, 0.717) is 0 Å². The topological polar surface area (TPSA) is 96.2 Å². The van der Waals surface area contributed by atoms with E-state index in [4.69, 9.17) is 10.2 Å². The van der Waals surface area contributed by atoms with E-state index in [1.54, 1.807) is 0 Å². The first-order valence-electron chi connectivity index (χ1n) is 4.14. The van der Waals surface area contributed by atoms with Crippen molar-refractivity contribution in [2.24, 2.45) is 0 Å². The molecule has 0 amide bonds. The van der Waals surface area contributed by atoms with Gasteiger partial charge in [0.05, 0.1) is 0 Å². The van der Waals surface area contributed by atoms with Crippen molar-refractivity contribution >= 4 is 5.78 Å². The molecule has 0 saturated heterocycles. The lowest BCUT2D eigenvalue weighted by atomic mass is 10.1. The molecule has 0 aromatic rings. The number of methoxy groups -OCH3 is 2. The van der Waals surface area contributed by atoms with Crippen LogP contribution in [0.5, 0.6) is 0 Å². The highest BCUT2D eigenvalue weighted by Crippen LogP contribution is 2.05. The maximum atomic E-state index is 11.2. The van der Waals surface area contributed by atoms with E-state index in [0.717, 1.165) is 0 Å². The summed E-state index contributed by atoms with van der Waals surface area (Å²) in [4.78, 5) is 11.2.